The lowest BCUT2D eigenvalue weighted by atomic mass is 9.78. The maximum atomic E-state index is 12.3. The van der Waals surface area contributed by atoms with Crippen molar-refractivity contribution in [1.29, 1.82) is 0 Å². The van der Waals surface area contributed by atoms with Crippen molar-refractivity contribution >= 4 is 17.6 Å². The molecule has 0 bridgehead atoms. The number of nitrogens with one attached hydrogen (secondary N) is 1. The first kappa shape index (κ1) is 15.4. The summed E-state index contributed by atoms with van der Waals surface area (Å²) in [4.78, 5) is 23.4. The number of amides is 1. The summed E-state index contributed by atoms with van der Waals surface area (Å²) in [6.45, 7) is 2.49. The van der Waals surface area contributed by atoms with E-state index < -0.39 is 17.8 Å². The van der Waals surface area contributed by atoms with Gasteiger partial charge in [0.2, 0.25) is 5.91 Å². The van der Waals surface area contributed by atoms with Crippen LogP contribution in [0.4, 0.5) is 5.69 Å². The van der Waals surface area contributed by atoms with Gasteiger partial charge in [-0.3, -0.25) is 4.79 Å². The molecule has 0 spiro atoms. The fraction of sp³-hybridized carbons (Fsp3) is 0.500. The highest BCUT2D eigenvalue weighted by Crippen LogP contribution is 2.30. The van der Waals surface area contributed by atoms with Gasteiger partial charge in [-0.2, -0.15) is 0 Å². The van der Waals surface area contributed by atoms with Crippen LogP contribution in [0.5, 0.6) is 5.75 Å². The molecular formula is C16H20NO4-. The molecule has 5 heteroatoms. The van der Waals surface area contributed by atoms with Gasteiger partial charge in [0, 0.05) is 23.5 Å². The number of hydrogen-bond donors (Lipinski definition) is 1. The van der Waals surface area contributed by atoms with E-state index in [0.717, 1.165) is 18.6 Å². The predicted molar refractivity (Wildman–Crippen MR) is 76.7 cm³/mol. The first-order chi connectivity index (χ1) is 10.1. The molecule has 0 saturated heterocycles. The lowest BCUT2D eigenvalue weighted by Crippen LogP contribution is -2.42. The van der Waals surface area contributed by atoms with Crippen LogP contribution in [-0.2, 0) is 9.59 Å². The van der Waals surface area contributed by atoms with E-state index >= 15 is 0 Å². The average molecular weight is 290 g/mol. The molecule has 21 heavy (non-hydrogen) atoms. The molecule has 1 fully saturated rings. The average Bonchev–Trinajstić information content (AvgIpc) is 2.49. The molecule has 1 aromatic rings. The van der Waals surface area contributed by atoms with Gasteiger partial charge < -0.3 is 20.0 Å². The molecule has 2 rings (SSSR count). The van der Waals surface area contributed by atoms with Crippen molar-refractivity contribution in [3.63, 3.8) is 0 Å². The van der Waals surface area contributed by atoms with Gasteiger partial charge in [0.15, 0.2) is 0 Å². The van der Waals surface area contributed by atoms with Crippen LogP contribution in [0.15, 0.2) is 24.3 Å². The Hall–Kier alpha value is -2.04. The molecule has 0 aromatic heterocycles. The third kappa shape index (κ3) is 3.97. The van der Waals surface area contributed by atoms with Gasteiger partial charge in [0.05, 0.1) is 6.61 Å². The van der Waals surface area contributed by atoms with Gasteiger partial charge in [0.25, 0.3) is 0 Å². The van der Waals surface area contributed by atoms with E-state index in [9.17, 15) is 14.7 Å². The summed E-state index contributed by atoms with van der Waals surface area (Å²) in [6, 6.07) is 7.05. The minimum Gasteiger partial charge on any atom is -0.550 e. The van der Waals surface area contributed by atoms with Gasteiger partial charge in [-0.15, -0.1) is 0 Å². The third-order valence-electron chi connectivity index (χ3n) is 3.84. The largest absolute Gasteiger partial charge is 0.550 e. The van der Waals surface area contributed by atoms with Crippen LogP contribution >= 0.6 is 0 Å². The first-order valence-electron chi connectivity index (χ1n) is 7.36. The summed E-state index contributed by atoms with van der Waals surface area (Å²) in [6.07, 6.45) is 2.84. The van der Waals surface area contributed by atoms with E-state index in [0.29, 0.717) is 25.1 Å². The number of ether oxygens (including phenoxy) is 1. The molecule has 5 nitrogen and oxygen atoms in total. The quantitative estimate of drug-likeness (QED) is 0.893. The molecular weight excluding hydrogens is 270 g/mol. The maximum absolute atomic E-state index is 12.3. The molecule has 1 aromatic carbocycles. The lowest BCUT2D eigenvalue weighted by molar-refractivity contribution is -0.313. The SMILES string of the molecule is CCOc1ccc(NC(=O)[C@@H]2CCCC[C@H]2C(=O)[O-])cc1. The van der Waals surface area contributed by atoms with Crippen molar-refractivity contribution in [1.82, 2.24) is 0 Å². The zero-order chi connectivity index (χ0) is 15.2. The number of benzene rings is 1. The molecule has 0 aliphatic heterocycles. The molecule has 1 N–H and O–H groups in total. The van der Waals surface area contributed by atoms with E-state index in [-0.39, 0.29) is 5.91 Å². The third-order valence-corrected chi connectivity index (χ3v) is 3.84. The topological polar surface area (TPSA) is 78.5 Å². The maximum Gasteiger partial charge on any atom is 0.228 e. The number of carbonyl (C=O) groups excluding carboxylic acids is 2. The summed E-state index contributed by atoms with van der Waals surface area (Å²) >= 11 is 0. The van der Waals surface area contributed by atoms with Crippen molar-refractivity contribution < 1.29 is 19.4 Å². The van der Waals surface area contributed by atoms with E-state index in [1.807, 2.05) is 6.92 Å². The van der Waals surface area contributed by atoms with Gasteiger partial charge >= 0.3 is 0 Å². The monoisotopic (exact) mass is 290 g/mol. The second-order valence-electron chi connectivity index (χ2n) is 5.26. The molecule has 114 valence electrons. The van der Waals surface area contributed by atoms with Crippen LogP contribution in [0.1, 0.15) is 32.6 Å². The number of hydrogen-bond acceptors (Lipinski definition) is 4. The molecule has 1 aliphatic rings. The molecule has 0 heterocycles. The Bertz CT molecular complexity index is 498. The number of aliphatic carboxylic acids is 1. The van der Waals surface area contributed by atoms with Gasteiger partial charge in [-0.1, -0.05) is 12.8 Å². The van der Waals surface area contributed by atoms with E-state index in [2.05, 4.69) is 5.32 Å². The van der Waals surface area contributed by atoms with Crippen LogP contribution in [0.2, 0.25) is 0 Å². The summed E-state index contributed by atoms with van der Waals surface area (Å²) in [5.41, 5.74) is 0.645. The number of anilines is 1. The number of carboxylic acids is 1. The summed E-state index contributed by atoms with van der Waals surface area (Å²) in [7, 11) is 0. The predicted octanol–water partition coefficient (Wildman–Crippen LogP) is 1.58. The minimum absolute atomic E-state index is 0.243. The van der Waals surface area contributed by atoms with E-state index in [1.165, 1.54) is 0 Å². The standard InChI is InChI=1S/C16H21NO4/c1-2-21-12-9-7-11(8-10-12)17-15(18)13-5-3-4-6-14(13)16(19)20/h7-10,13-14H,2-6H2,1H3,(H,17,18)(H,19,20)/p-1/t13-,14-/m1/s1. The van der Waals surface area contributed by atoms with Crippen LogP contribution in [0, 0.1) is 11.8 Å². The van der Waals surface area contributed by atoms with Gasteiger partial charge in [0.1, 0.15) is 5.75 Å². The van der Waals surface area contributed by atoms with Crippen molar-refractivity contribution in [3.05, 3.63) is 24.3 Å². The number of carbonyl (C=O) groups is 2. The van der Waals surface area contributed by atoms with Crippen molar-refractivity contribution in [3.8, 4) is 5.75 Å². The Morgan fingerprint density at radius 3 is 2.38 bits per heavy atom. The molecule has 1 amide bonds. The van der Waals surface area contributed by atoms with Crippen molar-refractivity contribution in [2.75, 3.05) is 11.9 Å². The highest BCUT2D eigenvalue weighted by molar-refractivity contribution is 5.95. The number of carboxylic acid groups (broad SMARTS) is 1. The van der Waals surface area contributed by atoms with Crippen LogP contribution in [0.3, 0.4) is 0 Å². The fourth-order valence-electron chi connectivity index (χ4n) is 2.76. The van der Waals surface area contributed by atoms with E-state index in [1.54, 1.807) is 24.3 Å². The van der Waals surface area contributed by atoms with Crippen molar-refractivity contribution in [2.24, 2.45) is 11.8 Å². The Morgan fingerprint density at radius 1 is 1.19 bits per heavy atom. The Morgan fingerprint density at radius 2 is 1.81 bits per heavy atom. The van der Waals surface area contributed by atoms with E-state index in [4.69, 9.17) is 4.74 Å². The molecule has 1 saturated carbocycles. The van der Waals surface area contributed by atoms with Crippen LogP contribution in [-0.4, -0.2) is 18.5 Å². The molecule has 0 unspecified atom stereocenters. The number of rotatable bonds is 5. The second-order valence-corrected chi connectivity index (χ2v) is 5.26. The summed E-state index contributed by atoms with van der Waals surface area (Å²) < 4.78 is 5.33. The fourth-order valence-corrected chi connectivity index (χ4v) is 2.76. The van der Waals surface area contributed by atoms with Crippen molar-refractivity contribution in [2.45, 2.75) is 32.6 Å². The first-order valence-corrected chi connectivity index (χ1v) is 7.36. The van der Waals surface area contributed by atoms with Gasteiger partial charge in [-0.05, 0) is 44.0 Å². The van der Waals surface area contributed by atoms with Crippen LogP contribution < -0.4 is 15.2 Å². The minimum atomic E-state index is -1.12. The smallest absolute Gasteiger partial charge is 0.228 e. The Kier molecular flexibility index (Phi) is 5.20. The molecule has 0 radical (unpaired) electrons. The molecule has 2 atom stereocenters. The normalized spacial score (nSPS) is 21.6. The zero-order valence-electron chi connectivity index (χ0n) is 12.1. The lowest BCUT2D eigenvalue weighted by Gasteiger charge is -2.31. The zero-order valence-corrected chi connectivity index (χ0v) is 12.1. The Labute approximate surface area is 124 Å². The van der Waals surface area contributed by atoms with Crippen LogP contribution in [0.25, 0.3) is 0 Å². The summed E-state index contributed by atoms with van der Waals surface area (Å²) in [5.74, 6) is -1.81. The molecule has 1 aliphatic carbocycles. The van der Waals surface area contributed by atoms with Gasteiger partial charge in [-0.25, -0.2) is 0 Å². The second kappa shape index (κ2) is 7.11. The Balaban J connectivity index is 2.00. The highest BCUT2D eigenvalue weighted by Gasteiger charge is 2.31. The highest BCUT2D eigenvalue weighted by atomic mass is 16.5. The summed E-state index contributed by atoms with van der Waals surface area (Å²) in [5, 5.41) is 13.9.